The number of hydrogen-bond acceptors (Lipinski definition) is 4. The summed E-state index contributed by atoms with van der Waals surface area (Å²) in [5, 5.41) is 8.43. The first-order valence-corrected chi connectivity index (χ1v) is 9.20. The maximum atomic E-state index is 10.9. The summed E-state index contributed by atoms with van der Waals surface area (Å²) in [6.07, 6.45) is 2.83. The van der Waals surface area contributed by atoms with Gasteiger partial charge in [-0.15, -0.1) is 35.3 Å². The van der Waals surface area contributed by atoms with Crippen molar-refractivity contribution in [3.63, 3.8) is 0 Å². The van der Waals surface area contributed by atoms with E-state index in [1.807, 2.05) is 6.07 Å². The Kier molecular flexibility index (Phi) is 11.0. The van der Waals surface area contributed by atoms with Crippen LogP contribution in [0.5, 0.6) is 0 Å². The van der Waals surface area contributed by atoms with E-state index < -0.39 is 10.0 Å². The van der Waals surface area contributed by atoms with Gasteiger partial charge in [-0.3, -0.25) is 4.99 Å². The van der Waals surface area contributed by atoms with E-state index >= 15 is 0 Å². The number of nitrogens with zero attached hydrogens (tertiary/aromatic N) is 1. The number of hydrogen-bond donors (Lipinski definition) is 3. The minimum Gasteiger partial charge on any atom is -0.356 e. The van der Waals surface area contributed by atoms with Crippen LogP contribution in [0, 0.1) is 0 Å². The monoisotopic (exact) mass is 446 g/mol. The summed E-state index contributed by atoms with van der Waals surface area (Å²) in [5.74, 6) is 0.737. The fraction of sp³-hybridized carbons (Fsp3) is 0.583. The highest BCUT2D eigenvalue weighted by Gasteiger charge is 2.00. The first kappa shape index (κ1) is 20.6. The summed E-state index contributed by atoms with van der Waals surface area (Å²) in [6, 6.07) is 4.15. The number of nitrogens with one attached hydrogen (secondary N) is 3. The summed E-state index contributed by atoms with van der Waals surface area (Å²) < 4.78 is 24.2. The molecule has 0 spiro atoms. The molecular formula is C12H23IN4O2S2. The Morgan fingerprint density at radius 3 is 2.57 bits per heavy atom. The van der Waals surface area contributed by atoms with E-state index in [0.717, 1.165) is 25.2 Å². The highest BCUT2D eigenvalue weighted by atomic mass is 127. The fourth-order valence-corrected chi connectivity index (χ4v) is 2.76. The summed E-state index contributed by atoms with van der Waals surface area (Å²) in [7, 11) is -1.37. The molecule has 1 aromatic rings. The van der Waals surface area contributed by atoms with Crippen LogP contribution < -0.4 is 15.4 Å². The third kappa shape index (κ3) is 10.9. The van der Waals surface area contributed by atoms with Gasteiger partial charge in [-0.05, 0) is 24.3 Å². The van der Waals surface area contributed by atoms with Gasteiger partial charge in [0.2, 0.25) is 10.0 Å². The smallest absolute Gasteiger partial charge is 0.208 e. The molecule has 1 heterocycles. The zero-order valence-corrected chi connectivity index (χ0v) is 16.2. The van der Waals surface area contributed by atoms with E-state index in [4.69, 9.17) is 0 Å². The largest absolute Gasteiger partial charge is 0.356 e. The molecule has 1 rings (SSSR count). The zero-order chi connectivity index (χ0) is 14.8. The minimum absolute atomic E-state index is 0. The fourth-order valence-electron chi connectivity index (χ4n) is 1.53. The second kappa shape index (κ2) is 11.2. The second-order valence-electron chi connectivity index (χ2n) is 4.28. The number of sulfonamides is 1. The van der Waals surface area contributed by atoms with Gasteiger partial charge < -0.3 is 10.6 Å². The third-order valence-corrected chi connectivity index (χ3v) is 4.14. The lowest BCUT2D eigenvalue weighted by atomic mass is 10.3. The van der Waals surface area contributed by atoms with Crippen molar-refractivity contribution in [3.05, 3.63) is 22.4 Å². The van der Waals surface area contributed by atoms with Gasteiger partial charge in [0.15, 0.2) is 5.96 Å². The predicted octanol–water partition coefficient (Wildman–Crippen LogP) is 1.01. The van der Waals surface area contributed by atoms with Gasteiger partial charge in [-0.2, -0.15) is 0 Å². The van der Waals surface area contributed by atoms with Crippen molar-refractivity contribution < 1.29 is 8.42 Å². The summed E-state index contributed by atoms with van der Waals surface area (Å²) in [4.78, 5) is 5.45. The van der Waals surface area contributed by atoms with Crippen LogP contribution in [0.15, 0.2) is 22.5 Å². The molecule has 0 atom stereocenters. The summed E-state index contributed by atoms with van der Waals surface area (Å²) >= 11 is 1.74. The molecule has 0 aliphatic rings. The Morgan fingerprint density at radius 1 is 1.29 bits per heavy atom. The second-order valence-corrected chi connectivity index (χ2v) is 7.14. The van der Waals surface area contributed by atoms with E-state index in [-0.39, 0.29) is 24.0 Å². The van der Waals surface area contributed by atoms with Crippen LogP contribution in [-0.4, -0.2) is 47.3 Å². The highest BCUT2D eigenvalue weighted by Crippen LogP contribution is 2.07. The van der Waals surface area contributed by atoms with Crippen LogP contribution in [0.2, 0.25) is 0 Å². The van der Waals surface area contributed by atoms with E-state index in [1.165, 1.54) is 4.88 Å². The Hall–Kier alpha value is -0.390. The Morgan fingerprint density at radius 2 is 2.00 bits per heavy atom. The Bertz CT molecular complexity index is 503. The molecule has 0 unspecified atom stereocenters. The van der Waals surface area contributed by atoms with E-state index in [9.17, 15) is 8.42 Å². The number of guanidine groups is 1. The molecule has 0 amide bonds. The van der Waals surface area contributed by atoms with Gasteiger partial charge in [0.1, 0.15) is 0 Å². The van der Waals surface area contributed by atoms with Crippen molar-refractivity contribution in [2.24, 2.45) is 4.99 Å². The van der Waals surface area contributed by atoms with Gasteiger partial charge in [-0.1, -0.05) is 6.07 Å². The van der Waals surface area contributed by atoms with Gasteiger partial charge in [-0.25, -0.2) is 13.1 Å². The standard InChI is InChI=1S/C12H22N4O2S2.HI/c1-13-12(14-7-4-8-16-20(2,17)18)15-9-6-11-5-3-10-19-11;/h3,5,10,16H,4,6-9H2,1-2H3,(H2,13,14,15);1H. The van der Waals surface area contributed by atoms with E-state index in [1.54, 1.807) is 18.4 Å². The molecule has 1 aromatic heterocycles. The topological polar surface area (TPSA) is 82.6 Å². The third-order valence-electron chi connectivity index (χ3n) is 2.48. The van der Waals surface area contributed by atoms with Crippen molar-refractivity contribution in [3.8, 4) is 0 Å². The van der Waals surface area contributed by atoms with Crippen LogP contribution in [0.3, 0.4) is 0 Å². The quantitative estimate of drug-likeness (QED) is 0.241. The maximum Gasteiger partial charge on any atom is 0.208 e. The highest BCUT2D eigenvalue weighted by molar-refractivity contribution is 14.0. The SMILES string of the molecule is CN=C(NCCCNS(C)(=O)=O)NCCc1cccs1.I. The average molecular weight is 446 g/mol. The first-order valence-electron chi connectivity index (χ1n) is 6.43. The minimum atomic E-state index is -3.09. The molecule has 122 valence electrons. The van der Waals surface area contributed by atoms with Crippen LogP contribution in [0.25, 0.3) is 0 Å². The molecule has 6 nitrogen and oxygen atoms in total. The molecule has 0 saturated carbocycles. The van der Waals surface area contributed by atoms with Crippen molar-refractivity contribution in [1.29, 1.82) is 0 Å². The molecule has 0 radical (unpaired) electrons. The van der Waals surface area contributed by atoms with Gasteiger partial charge in [0.25, 0.3) is 0 Å². The molecule has 0 fully saturated rings. The molecule has 0 saturated heterocycles. The molecule has 9 heteroatoms. The zero-order valence-electron chi connectivity index (χ0n) is 12.3. The number of aliphatic imine (C=N–C) groups is 1. The average Bonchev–Trinajstić information content (AvgIpc) is 2.88. The van der Waals surface area contributed by atoms with Crippen LogP contribution in [0.1, 0.15) is 11.3 Å². The van der Waals surface area contributed by atoms with Crippen LogP contribution in [0.4, 0.5) is 0 Å². The van der Waals surface area contributed by atoms with Crippen LogP contribution in [-0.2, 0) is 16.4 Å². The van der Waals surface area contributed by atoms with Gasteiger partial charge in [0.05, 0.1) is 6.26 Å². The predicted molar refractivity (Wildman–Crippen MR) is 100 cm³/mol. The molecule has 21 heavy (non-hydrogen) atoms. The van der Waals surface area contributed by atoms with E-state index in [0.29, 0.717) is 19.5 Å². The molecular weight excluding hydrogens is 423 g/mol. The van der Waals surface area contributed by atoms with Crippen molar-refractivity contribution in [2.45, 2.75) is 12.8 Å². The summed E-state index contributed by atoms with van der Waals surface area (Å²) in [6.45, 7) is 1.92. The van der Waals surface area contributed by atoms with E-state index in [2.05, 4.69) is 31.8 Å². The number of thiophene rings is 1. The maximum absolute atomic E-state index is 10.9. The van der Waals surface area contributed by atoms with Crippen LogP contribution >= 0.6 is 35.3 Å². The summed E-state index contributed by atoms with van der Waals surface area (Å²) in [5.41, 5.74) is 0. The van der Waals surface area contributed by atoms with Crippen molar-refractivity contribution in [2.75, 3.05) is 32.9 Å². The number of halogens is 1. The van der Waals surface area contributed by atoms with Crippen molar-refractivity contribution in [1.82, 2.24) is 15.4 Å². The lowest BCUT2D eigenvalue weighted by molar-refractivity contribution is 0.584. The van der Waals surface area contributed by atoms with Crippen molar-refractivity contribution >= 4 is 51.3 Å². The lowest BCUT2D eigenvalue weighted by Gasteiger charge is -2.11. The Balaban J connectivity index is 0.00000400. The molecule has 0 aromatic carbocycles. The molecule has 0 aliphatic carbocycles. The molecule has 0 aliphatic heterocycles. The molecule has 0 bridgehead atoms. The number of rotatable bonds is 8. The van der Waals surface area contributed by atoms with Gasteiger partial charge in [0, 0.05) is 31.6 Å². The first-order chi connectivity index (χ1) is 9.51. The lowest BCUT2D eigenvalue weighted by Crippen LogP contribution is -2.39. The normalized spacial score (nSPS) is 11.8. The Labute approximate surface area is 147 Å². The molecule has 3 N–H and O–H groups in total. The van der Waals surface area contributed by atoms with Gasteiger partial charge >= 0.3 is 0 Å².